The minimum Gasteiger partial charge on any atom is -0.379 e. The van der Waals surface area contributed by atoms with Crippen molar-refractivity contribution in [1.82, 2.24) is 9.62 Å². The molecule has 2 aromatic rings. The standard InChI is InChI=1S/C19H16F3N3O4S/c20-12-1-3-14(17(22)9-12)18(11-23)24-19(26)15-10-13(2-4-16(15)21)30(27,28)25-5-7-29-8-6-25/h1-4,9-10,18H,5-8H2,(H,24,26). The Balaban J connectivity index is 1.88. The first-order valence-electron chi connectivity index (χ1n) is 8.77. The highest BCUT2D eigenvalue weighted by Gasteiger charge is 2.28. The van der Waals surface area contributed by atoms with Crippen molar-refractivity contribution < 1.29 is 31.1 Å². The first-order valence-corrected chi connectivity index (χ1v) is 10.2. The van der Waals surface area contributed by atoms with Gasteiger partial charge in [0.25, 0.3) is 5.91 Å². The predicted octanol–water partition coefficient (Wildman–Crippen LogP) is 2.12. The van der Waals surface area contributed by atoms with Crippen molar-refractivity contribution in [3.05, 3.63) is 65.0 Å². The lowest BCUT2D eigenvalue weighted by molar-refractivity contribution is 0.0730. The second-order valence-corrected chi connectivity index (χ2v) is 8.30. The van der Waals surface area contributed by atoms with E-state index in [1.54, 1.807) is 6.07 Å². The highest BCUT2D eigenvalue weighted by atomic mass is 32.2. The van der Waals surface area contributed by atoms with Gasteiger partial charge in [0.2, 0.25) is 10.0 Å². The van der Waals surface area contributed by atoms with Gasteiger partial charge in [0.1, 0.15) is 23.5 Å². The second kappa shape index (κ2) is 8.83. The van der Waals surface area contributed by atoms with Crippen molar-refractivity contribution in [2.45, 2.75) is 10.9 Å². The molecule has 0 bridgehead atoms. The van der Waals surface area contributed by atoms with Crippen LogP contribution in [0.3, 0.4) is 0 Å². The molecule has 1 saturated heterocycles. The van der Waals surface area contributed by atoms with E-state index in [9.17, 15) is 31.6 Å². The van der Waals surface area contributed by atoms with Gasteiger partial charge in [-0.1, -0.05) is 6.07 Å². The number of rotatable bonds is 5. The number of nitrogens with one attached hydrogen (secondary N) is 1. The van der Waals surface area contributed by atoms with E-state index in [1.807, 2.05) is 0 Å². The van der Waals surface area contributed by atoms with Crippen molar-refractivity contribution >= 4 is 15.9 Å². The summed E-state index contributed by atoms with van der Waals surface area (Å²) >= 11 is 0. The first-order chi connectivity index (χ1) is 14.2. The molecule has 7 nitrogen and oxygen atoms in total. The Morgan fingerprint density at radius 3 is 2.43 bits per heavy atom. The van der Waals surface area contributed by atoms with Crippen molar-refractivity contribution in [3.63, 3.8) is 0 Å². The van der Waals surface area contributed by atoms with Gasteiger partial charge in [-0.3, -0.25) is 4.79 Å². The van der Waals surface area contributed by atoms with Crippen LogP contribution in [0.25, 0.3) is 0 Å². The molecule has 11 heteroatoms. The lowest BCUT2D eigenvalue weighted by atomic mass is 10.1. The number of ether oxygens (including phenoxy) is 1. The molecule has 1 N–H and O–H groups in total. The highest BCUT2D eigenvalue weighted by Crippen LogP contribution is 2.22. The number of sulfonamides is 1. The van der Waals surface area contributed by atoms with Crippen LogP contribution in [0.4, 0.5) is 13.2 Å². The molecule has 0 spiro atoms. The topological polar surface area (TPSA) is 99.5 Å². The molecular formula is C19H16F3N3O4S. The van der Waals surface area contributed by atoms with E-state index in [-0.39, 0.29) is 36.8 Å². The van der Waals surface area contributed by atoms with Crippen LogP contribution in [-0.2, 0) is 14.8 Å². The summed E-state index contributed by atoms with van der Waals surface area (Å²) < 4.78 is 73.0. The fraction of sp³-hybridized carbons (Fsp3) is 0.263. The zero-order chi connectivity index (χ0) is 21.9. The first kappa shape index (κ1) is 21.8. The number of carbonyl (C=O) groups excluding carboxylic acids is 1. The predicted molar refractivity (Wildman–Crippen MR) is 98.2 cm³/mol. The van der Waals surface area contributed by atoms with Gasteiger partial charge in [0.15, 0.2) is 0 Å². The Bertz CT molecular complexity index is 1110. The van der Waals surface area contributed by atoms with Crippen LogP contribution in [0.5, 0.6) is 0 Å². The Morgan fingerprint density at radius 1 is 1.10 bits per heavy atom. The maximum absolute atomic E-state index is 14.2. The molecule has 0 saturated carbocycles. The molecule has 1 heterocycles. The summed E-state index contributed by atoms with van der Waals surface area (Å²) in [5, 5.41) is 11.4. The summed E-state index contributed by atoms with van der Waals surface area (Å²) in [6, 6.07) is 5.23. The minimum absolute atomic E-state index is 0.113. The van der Waals surface area contributed by atoms with Crippen molar-refractivity contribution in [2.75, 3.05) is 26.3 Å². The average molecular weight is 439 g/mol. The molecule has 0 aromatic heterocycles. The van der Waals surface area contributed by atoms with Crippen LogP contribution in [-0.4, -0.2) is 44.9 Å². The third-order valence-corrected chi connectivity index (χ3v) is 6.36. The van der Waals surface area contributed by atoms with Gasteiger partial charge in [-0.2, -0.15) is 9.57 Å². The van der Waals surface area contributed by atoms with E-state index < -0.39 is 45.0 Å². The van der Waals surface area contributed by atoms with E-state index in [4.69, 9.17) is 4.74 Å². The summed E-state index contributed by atoms with van der Waals surface area (Å²) in [6.07, 6.45) is 0. The zero-order valence-corrected chi connectivity index (χ0v) is 16.3. The van der Waals surface area contributed by atoms with Crippen LogP contribution in [0.15, 0.2) is 41.3 Å². The van der Waals surface area contributed by atoms with E-state index in [0.717, 1.165) is 34.6 Å². The van der Waals surface area contributed by atoms with Crippen LogP contribution >= 0.6 is 0 Å². The third kappa shape index (κ3) is 4.46. The smallest absolute Gasteiger partial charge is 0.255 e. The molecule has 0 aliphatic carbocycles. The maximum Gasteiger partial charge on any atom is 0.255 e. The number of hydrogen-bond donors (Lipinski definition) is 1. The van der Waals surface area contributed by atoms with Crippen molar-refractivity contribution in [2.24, 2.45) is 0 Å². The van der Waals surface area contributed by atoms with Gasteiger partial charge in [-0.15, -0.1) is 0 Å². The van der Waals surface area contributed by atoms with Crippen LogP contribution in [0.2, 0.25) is 0 Å². The van der Waals surface area contributed by atoms with E-state index in [2.05, 4.69) is 5.32 Å². The van der Waals surface area contributed by atoms with E-state index in [0.29, 0.717) is 6.07 Å². The Labute approximate surface area is 170 Å². The van der Waals surface area contributed by atoms with Crippen molar-refractivity contribution in [1.29, 1.82) is 5.26 Å². The molecule has 158 valence electrons. The fourth-order valence-electron chi connectivity index (χ4n) is 2.90. The minimum atomic E-state index is -3.99. The molecule has 2 aromatic carbocycles. The SMILES string of the molecule is N#CC(NC(=O)c1cc(S(=O)(=O)N2CCOCC2)ccc1F)c1ccc(F)cc1F. The van der Waals surface area contributed by atoms with Gasteiger partial charge < -0.3 is 10.1 Å². The van der Waals surface area contributed by atoms with Crippen LogP contribution < -0.4 is 5.32 Å². The largest absolute Gasteiger partial charge is 0.379 e. The number of nitrogens with zero attached hydrogens (tertiary/aromatic N) is 2. The van der Waals surface area contributed by atoms with E-state index >= 15 is 0 Å². The Kier molecular flexibility index (Phi) is 6.40. The lowest BCUT2D eigenvalue weighted by Gasteiger charge is -2.26. The third-order valence-electron chi connectivity index (χ3n) is 4.47. The maximum atomic E-state index is 14.2. The molecule has 3 rings (SSSR count). The number of morpholine rings is 1. The molecule has 1 amide bonds. The van der Waals surface area contributed by atoms with Gasteiger partial charge in [-0.05, 0) is 24.3 Å². The fourth-order valence-corrected chi connectivity index (χ4v) is 4.33. The molecule has 1 aliphatic heterocycles. The Hall–Kier alpha value is -2.94. The summed E-state index contributed by atoms with van der Waals surface area (Å²) in [5.41, 5.74) is -0.947. The Morgan fingerprint density at radius 2 is 1.80 bits per heavy atom. The molecule has 1 fully saturated rings. The number of benzene rings is 2. The molecule has 30 heavy (non-hydrogen) atoms. The monoisotopic (exact) mass is 439 g/mol. The molecule has 1 atom stereocenters. The molecule has 1 unspecified atom stereocenters. The number of amides is 1. The number of halogens is 3. The summed E-state index contributed by atoms with van der Waals surface area (Å²) in [4.78, 5) is 12.2. The van der Waals surface area contributed by atoms with E-state index in [1.165, 1.54) is 0 Å². The van der Waals surface area contributed by atoms with Gasteiger partial charge in [0.05, 0.1) is 29.7 Å². The average Bonchev–Trinajstić information content (AvgIpc) is 2.73. The van der Waals surface area contributed by atoms with Crippen molar-refractivity contribution in [3.8, 4) is 6.07 Å². The normalized spacial score (nSPS) is 15.9. The number of nitriles is 1. The summed E-state index contributed by atoms with van der Waals surface area (Å²) in [6.45, 7) is 0.644. The molecule has 1 aliphatic rings. The second-order valence-electron chi connectivity index (χ2n) is 6.36. The summed E-state index contributed by atoms with van der Waals surface area (Å²) in [7, 11) is -3.99. The van der Waals surface area contributed by atoms with Gasteiger partial charge in [0, 0.05) is 24.7 Å². The zero-order valence-electron chi connectivity index (χ0n) is 15.4. The summed E-state index contributed by atoms with van der Waals surface area (Å²) in [5.74, 6) is -4.08. The number of hydrogen-bond acceptors (Lipinski definition) is 5. The highest BCUT2D eigenvalue weighted by molar-refractivity contribution is 7.89. The van der Waals surface area contributed by atoms with Gasteiger partial charge >= 0.3 is 0 Å². The van der Waals surface area contributed by atoms with Crippen LogP contribution in [0.1, 0.15) is 22.0 Å². The van der Waals surface area contributed by atoms with Crippen LogP contribution in [0, 0.1) is 28.8 Å². The molecule has 0 radical (unpaired) electrons. The molecular weight excluding hydrogens is 423 g/mol. The van der Waals surface area contributed by atoms with Gasteiger partial charge in [-0.25, -0.2) is 21.6 Å². The quantitative estimate of drug-likeness (QED) is 0.770. The lowest BCUT2D eigenvalue weighted by Crippen LogP contribution is -2.40. The number of carbonyl (C=O) groups is 1.